The molecule has 1 aliphatic rings. The van der Waals surface area contributed by atoms with Gasteiger partial charge in [-0.25, -0.2) is 0 Å². The first-order valence-electron chi connectivity index (χ1n) is 10.5. The first kappa shape index (κ1) is 21.7. The molecule has 0 atom stereocenters. The van der Waals surface area contributed by atoms with Crippen LogP contribution in [0.25, 0.3) is 28.2 Å². The van der Waals surface area contributed by atoms with Crippen molar-refractivity contribution in [3.63, 3.8) is 0 Å². The summed E-state index contributed by atoms with van der Waals surface area (Å²) in [5.41, 5.74) is 4.23. The molecule has 2 heterocycles. The van der Waals surface area contributed by atoms with Crippen LogP contribution in [0.15, 0.2) is 82.2 Å². The second kappa shape index (κ2) is 9.77. The monoisotopic (exact) mass is 520 g/mol. The number of fused-ring (bicyclic) bond motifs is 2. The topological polar surface area (TPSA) is 63.4 Å². The number of H-pyrrole nitrogens is 1. The number of hydrogen-bond donors (Lipinski definition) is 2. The largest absolute Gasteiger partial charge is 0.454 e. The number of rotatable bonds is 7. The average Bonchev–Trinajstić information content (AvgIpc) is 3.45. The molecule has 1 aromatic heterocycles. The van der Waals surface area contributed by atoms with Crippen LogP contribution in [0.1, 0.15) is 5.56 Å². The zero-order valence-electron chi connectivity index (χ0n) is 17.6. The fourth-order valence-electron chi connectivity index (χ4n) is 3.66. The van der Waals surface area contributed by atoms with E-state index >= 15 is 0 Å². The van der Waals surface area contributed by atoms with Crippen LogP contribution in [0, 0.1) is 0 Å². The van der Waals surface area contributed by atoms with Gasteiger partial charge in [0.15, 0.2) is 11.5 Å². The Balaban J connectivity index is 1.22. The molecule has 0 saturated heterocycles. The second-order valence-electron chi connectivity index (χ2n) is 7.47. The van der Waals surface area contributed by atoms with E-state index in [1.165, 1.54) is 10.3 Å². The highest BCUT2D eigenvalue weighted by atomic mass is 79.9. The first-order chi connectivity index (χ1) is 16.2. The van der Waals surface area contributed by atoms with Gasteiger partial charge >= 0.3 is 0 Å². The highest BCUT2D eigenvalue weighted by Gasteiger charge is 2.14. The molecule has 5 rings (SSSR count). The third kappa shape index (κ3) is 4.94. The van der Waals surface area contributed by atoms with Gasteiger partial charge in [-0.3, -0.25) is 4.79 Å². The fraction of sp³-hybridized carbons (Fsp3) is 0.115. The number of ether oxygens (including phenoxy) is 2. The van der Waals surface area contributed by atoms with E-state index < -0.39 is 0 Å². The van der Waals surface area contributed by atoms with Crippen molar-refractivity contribution in [1.29, 1.82) is 0 Å². The zero-order chi connectivity index (χ0) is 22.6. The van der Waals surface area contributed by atoms with Crippen LogP contribution in [0.2, 0.25) is 0 Å². The molecule has 0 aliphatic carbocycles. The number of aromatic amines is 1. The van der Waals surface area contributed by atoms with Crippen molar-refractivity contribution < 1.29 is 14.3 Å². The van der Waals surface area contributed by atoms with E-state index in [-0.39, 0.29) is 12.7 Å². The van der Waals surface area contributed by atoms with Crippen LogP contribution in [-0.2, 0) is 4.79 Å². The molecule has 3 aromatic carbocycles. The Morgan fingerprint density at radius 1 is 1.06 bits per heavy atom. The lowest BCUT2D eigenvalue weighted by Crippen LogP contribution is -2.23. The molecular formula is C26H21BrN2O3S. The van der Waals surface area contributed by atoms with Gasteiger partial charge in [0.05, 0.1) is 5.69 Å². The molecule has 0 fully saturated rings. The highest BCUT2D eigenvalue weighted by molar-refractivity contribution is 9.10. The summed E-state index contributed by atoms with van der Waals surface area (Å²) in [7, 11) is 0. The summed E-state index contributed by atoms with van der Waals surface area (Å²) in [5, 5.41) is 4.15. The predicted molar refractivity (Wildman–Crippen MR) is 137 cm³/mol. The molecule has 7 heteroatoms. The minimum atomic E-state index is -0.125. The van der Waals surface area contributed by atoms with Crippen LogP contribution < -0.4 is 14.8 Å². The van der Waals surface area contributed by atoms with Crippen LogP contribution in [0.3, 0.4) is 0 Å². The maximum absolute atomic E-state index is 12.3. The van der Waals surface area contributed by atoms with Crippen molar-refractivity contribution in [2.45, 2.75) is 4.90 Å². The van der Waals surface area contributed by atoms with Crippen LogP contribution in [0.4, 0.5) is 0 Å². The van der Waals surface area contributed by atoms with E-state index in [1.807, 2.05) is 42.5 Å². The SMILES string of the molecule is O=C(C=Cc1ccc2c(c1)OCO2)NCCSc1c(-c2ccc(Br)cc2)[nH]c2ccccc12. The maximum Gasteiger partial charge on any atom is 0.244 e. The summed E-state index contributed by atoms with van der Waals surface area (Å²) in [6.45, 7) is 0.800. The molecule has 4 aromatic rings. The summed E-state index contributed by atoms with van der Waals surface area (Å²) in [6.07, 6.45) is 3.32. The fourth-order valence-corrected chi connectivity index (χ4v) is 4.98. The second-order valence-corrected chi connectivity index (χ2v) is 9.49. The van der Waals surface area contributed by atoms with Gasteiger partial charge < -0.3 is 19.8 Å². The summed E-state index contributed by atoms with van der Waals surface area (Å²) in [6, 6.07) is 22.2. The Morgan fingerprint density at radius 2 is 1.88 bits per heavy atom. The first-order valence-corrected chi connectivity index (χ1v) is 12.3. The average molecular weight is 521 g/mol. The van der Waals surface area contributed by atoms with Gasteiger partial charge in [0.2, 0.25) is 12.7 Å². The van der Waals surface area contributed by atoms with Gasteiger partial charge in [0.1, 0.15) is 0 Å². The normalized spacial score (nSPS) is 12.5. The number of nitrogens with one attached hydrogen (secondary N) is 2. The Morgan fingerprint density at radius 3 is 2.76 bits per heavy atom. The number of carbonyl (C=O) groups is 1. The van der Waals surface area contributed by atoms with Crippen molar-refractivity contribution in [2.75, 3.05) is 19.1 Å². The van der Waals surface area contributed by atoms with Gasteiger partial charge in [0.25, 0.3) is 0 Å². The molecule has 2 N–H and O–H groups in total. The summed E-state index contributed by atoms with van der Waals surface area (Å²) in [4.78, 5) is 17.0. The minimum Gasteiger partial charge on any atom is -0.454 e. The number of thioether (sulfide) groups is 1. The van der Waals surface area contributed by atoms with E-state index in [4.69, 9.17) is 9.47 Å². The van der Waals surface area contributed by atoms with Gasteiger partial charge in [-0.15, -0.1) is 11.8 Å². The van der Waals surface area contributed by atoms with Gasteiger partial charge in [0, 0.05) is 38.6 Å². The predicted octanol–water partition coefficient (Wildman–Crippen LogP) is 6.25. The lowest BCUT2D eigenvalue weighted by Gasteiger charge is -2.06. The van der Waals surface area contributed by atoms with Crippen molar-refractivity contribution in [3.8, 4) is 22.8 Å². The van der Waals surface area contributed by atoms with Crippen LogP contribution in [-0.4, -0.2) is 30.0 Å². The van der Waals surface area contributed by atoms with Crippen LogP contribution in [0.5, 0.6) is 11.5 Å². The number of benzene rings is 3. The number of aromatic nitrogens is 1. The summed E-state index contributed by atoms with van der Waals surface area (Å²) in [5.74, 6) is 2.07. The lowest BCUT2D eigenvalue weighted by molar-refractivity contribution is -0.116. The number of hydrogen-bond acceptors (Lipinski definition) is 4. The Bertz CT molecular complexity index is 1330. The Labute approximate surface area is 204 Å². The van der Waals surface area contributed by atoms with E-state index in [9.17, 15) is 4.79 Å². The van der Waals surface area contributed by atoms with Crippen LogP contribution >= 0.6 is 27.7 Å². The maximum atomic E-state index is 12.3. The Kier molecular flexibility index (Phi) is 6.41. The van der Waals surface area contributed by atoms with E-state index in [0.29, 0.717) is 12.3 Å². The molecular weight excluding hydrogens is 500 g/mol. The molecule has 1 aliphatic heterocycles. The Hall–Kier alpha value is -3.16. The molecule has 0 unspecified atom stereocenters. The molecule has 0 radical (unpaired) electrons. The standard InChI is InChI=1S/C26H21BrN2O3S/c27-19-9-7-18(8-10-19)25-26(20-3-1-2-4-21(20)29-25)33-14-13-28-24(30)12-6-17-5-11-22-23(15-17)32-16-31-22/h1-12,15,29H,13-14,16H2,(H,28,30). The summed E-state index contributed by atoms with van der Waals surface area (Å²) < 4.78 is 11.7. The highest BCUT2D eigenvalue weighted by Crippen LogP contribution is 2.38. The van der Waals surface area contributed by atoms with Gasteiger partial charge in [-0.1, -0.05) is 52.3 Å². The molecule has 0 saturated carbocycles. The third-order valence-electron chi connectivity index (χ3n) is 5.26. The zero-order valence-corrected chi connectivity index (χ0v) is 20.0. The number of carbonyl (C=O) groups excluding carboxylic acids is 1. The molecule has 0 bridgehead atoms. The molecule has 33 heavy (non-hydrogen) atoms. The molecule has 1 amide bonds. The van der Waals surface area contributed by atoms with Gasteiger partial charge in [-0.2, -0.15) is 0 Å². The number of amides is 1. The van der Waals surface area contributed by atoms with Crippen molar-refractivity contribution in [2.24, 2.45) is 0 Å². The quantitative estimate of drug-likeness (QED) is 0.172. The van der Waals surface area contributed by atoms with E-state index in [2.05, 4.69) is 50.5 Å². The smallest absolute Gasteiger partial charge is 0.244 e. The minimum absolute atomic E-state index is 0.125. The third-order valence-corrected chi connectivity index (χ3v) is 6.91. The van der Waals surface area contributed by atoms with Crippen molar-refractivity contribution in [1.82, 2.24) is 10.3 Å². The van der Waals surface area contributed by atoms with Crippen molar-refractivity contribution >= 4 is 50.6 Å². The molecule has 0 spiro atoms. The molecule has 5 nitrogen and oxygen atoms in total. The van der Waals surface area contributed by atoms with E-state index in [0.717, 1.165) is 38.3 Å². The number of halogens is 1. The van der Waals surface area contributed by atoms with E-state index in [1.54, 1.807) is 23.9 Å². The van der Waals surface area contributed by atoms with Crippen molar-refractivity contribution in [3.05, 3.63) is 82.8 Å². The lowest BCUT2D eigenvalue weighted by atomic mass is 10.1. The molecule has 166 valence electrons. The summed E-state index contributed by atoms with van der Waals surface area (Å²) >= 11 is 5.24. The van der Waals surface area contributed by atoms with Gasteiger partial charge in [-0.05, 0) is 47.5 Å². The number of para-hydroxylation sites is 1.